The molecule has 1 atom stereocenters. The Morgan fingerprint density at radius 1 is 1.62 bits per heavy atom. The lowest BCUT2D eigenvalue weighted by Crippen LogP contribution is -2.22. The van der Waals surface area contributed by atoms with Crippen molar-refractivity contribution in [2.24, 2.45) is 5.73 Å². The smallest absolute Gasteiger partial charge is 0.327 e. The van der Waals surface area contributed by atoms with E-state index in [0.717, 1.165) is 19.2 Å². The van der Waals surface area contributed by atoms with Crippen LogP contribution in [0.25, 0.3) is 0 Å². The molecule has 0 spiro atoms. The van der Waals surface area contributed by atoms with Crippen LogP contribution < -0.4 is 5.73 Å². The number of aromatic hydroxyl groups is 1. The lowest BCUT2D eigenvalue weighted by molar-refractivity contribution is -0.142. The molecule has 0 saturated heterocycles. The summed E-state index contributed by atoms with van der Waals surface area (Å²) in [5.41, 5.74) is 5.32. The van der Waals surface area contributed by atoms with Crippen LogP contribution in [0.3, 0.4) is 0 Å². The molecule has 4 nitrogen and oxygen atoms in total. The second kappa shape index (κ2) is 5.89. The van der Waals surface area contributed by atoms with Gasteiger partial charge in [-0.2, -0.15) is 0 Å². The minimum atomic E-state index is -1.26. The average molecular weight is 270 g/mol. The van der Waals surface area contributed by atoms with Gasteiger partial charge in [-0.3, -0.25) is 4.79 Å². The number of hydrogen-bond donors (Lipinski definition) is 2. The summed E-state index contributed by atoms with van der Waals surface area (Å²) in [5, 5.41) is 9.25. The van der Waals surface area contributed by atoms with Crippen molar-refractivity contribution >= 4 is 30.0 Å². The zero-order valence-corrected chi connectivity index (χ0v) is 9.81. The van der Waals surface area contributed by atoms with Crippen LogP contribution in [0.2, 0.25) is 5.02 Å². The highest BCUT2D eigenvalue weighted by molar-refractivity contribution is 6.32. The van der Waals surface area contributed by atoms with Gasteiger partial charge in [0.15, 0.2) is 0 Å². The van der Waals surface area contributed by atoms with Crippen molar-refractivity contribution in [3.63, 3.8) is 0 Å². The predicted molar refractivity (Wildman–Crippen MR) is 59.3 cm³/mol. The fourth-order valence-electron chi connectivity index (χ4n) is 1.08. The summed E-state index contributed by atoms with van der Waals surface area (Å²) < 4.78 is 17.3. The summed E-state index contributed by atoms with van der Waals surface area (Å²) in [7, 11) is 1.14. The number of halogens is 3. The van der Waals surface area contributed by atoms with Crippen molar-refractivity contribution in [2.45, 2.75) is 6.04 Å². The zero-order chi connectivity index (χ0) is 11.6. The van der Waals surface area contributed by atoms with Gasteiger partial charge in [0.05, 0.1) is 12.1 Å². The number of esters is 1. The van der Waals surface area contributed by atoms with E-state index >= 15 is 0 Å². The van der Waals surface area contributed by atoms with E-state index in [9.17, 15) is 14.3 Å². The number of carbonyl (C=O) groups is 1. The van der Waals surface area contributed by atoms with E-state index < -0.39 is 23.6 Å². The number of benzene rings is 1. The molecule has 0 unspecified atom stereocenters. The Kier molecular flexibility index (Phi) is 5.50. The van der Waals surface area contributed by atoms with Gasteiger partial charge in [-0.05, 0) is 12.1 Å². The zero-order valence-electron chi connectivity index (χ0n) is 8.24. The number of hydrogen-bond acceptors (Lipinski definition) is 4. The third-order valence-electron chi connectivity index (χ3n) is 1.85. The molecule has 0 aliphatic rings. The Bertz CT molecular complexity index is 401. The molecular formula is C9H10Cl2FNO3. The quantitative estimate of drug-likeness (QED) is 0.803. The van der Waals surface area contributed by atoms with Crippen molar-refractivity contribution < 1.29 is 19.0 Å². The van der Waals surface area contributed by atoms with Gasteiger partial charge in [-0.25, -0.2) is 4.39 Å². The Balaban J connectivity index is 0.00000225. The van der Waals surface area contributed by atoms with Crippen LogP contribution >= 0.6 is 24.0 Å². The summed E-state index contributed by atoms with van der Waals surface area (Å²) in [6, 6.07) is 0.593. The van der Waals surface area contributed by atoms with Crippen LogP contribution in [0.4, 0.5) is 4.39 Å². The maximum absolute atomic E-state index is 12.9. The molecule has 0 fully saturated rings. The first-order chi connectivity index (χ1) is 6.97. The van der Waals surface area contributed by atoms with Crippen molar-refractivity contribution in [1.82, 2.24) is 0 Å². The molecule has 0 radical (unpaired) electrons. The first kappa shape index (κ1) is 15.0. The van der Waals surface area contributed by atoms with Gasteiger partial charge in [0.25, 0.3) is 0 Å². The third-order valence-corrected chi connectivity index (χ3v) is 2.14. The van der Waals surface area contributed by atoms with Crippen molar-refractivity contribution in [1.29, 1.82) is 0 Å². The highest BCUT2D eigenvalue weighted by atomic mass is 35.5. The van der Waals surface area contributed by atoms with Crippen molar-refractivity contribution in [3.05, 3.63) is 28.5 Å². The van der Waals surface area contributed by atoms with Gasteiger partial charge in [0, 0.05) is 5.56 Å². The molecule has 1 aromatic rings. The summed E-state index contributed by atoms with van der Waals surface area (Å²) >= 11 is 5.51. The van der Waals surface area contributed by atoms with Gasteiger partial charge < -0.3 is 15.6 Å². The molecule has 0 amide bonds. The number of rotatable bonds is 2. The monoisotopic (exact) mass is 269 g/mol. The van der Waals surface area contributed by atoms with Gasteiger partial charge >= 0.3 is 5.97 Å². The summed E-state index contributed by atoms with van der Waals surface area (Å²) in [5.74, 6) is -1.89. The molecule has 3 N–H and O–H groups in total. The minimum absolute atomic E-state index is 0. The van der Waals surface area contributed by atoms with Gasteiger partial charge in [0.1, 0.15) is 17.6 Å². The predicted octanol–water partition coefficient (Wildman–Crippen LogP) is 1.78. The van der Waals surface area contributed by atoms with Crippen LogP contribution in [0.5, 0.6) is 5.75 Å². The number of methoxy groups -OCH3 is 1. The Labute approximate surface area is 103 Å². The second-order valence-corrected chi connectivity index (χ2v) is 3.23. The molecule has 0 saturated carbocycles. The highest BCUT2D eigenvalue weighted by Gasteiger charge is 2.22. The molecule has 0 aliphatic carbocycles. The van der Waals surface area contributed by atoms with Crippen LogP contribution in [0, 0.1) is 5.82 Å². The first-order valence-electron chi connectivity index (χ1n) is 3.98. The van der Waals surface area contributed by atoms with Crippen LogP contribution in [-0.2, 0) is 9.53 Å². The fourth-order valence-corrected chi connectivity index (χ4v) is 1.29. The lowest BCUT2D eigenvalue weighted by Gasteiger charge is -2.12. The second-order valence-electron chi connectivity index (χ2n) is 2.83. The standard InChI is InChI=1S/C9H9ClFNO3.ClH/c1-15-9(14)7(12)5-2-4(11)3-6(10)8(5)13;/h2-3,7,13H,12H2,1H3;1H/t7-;/m0./s1. The van der Waals surface area contributed by atoms with E-state index in [2.05, 4.69) is 4.74 Å². The first-order valence-corrected chi connectivity index (χ1v) is 4.36. The fraction of sp³-hybridized carbons (Fsp3) is 0.222. The normalized spacial score (nSPS) is 11.5. The largest absolute Gasteiger partial charge is 0.506 e. The Hall–Kier alpha value is -1.04. The molecular weight excluding hydrogens is 260 g/mol. The molecule has 90 valence electrons. The Morgan fingerprint density at radius 3 is 2.69 bits per heavy atom. The number of phenols is 1. The van der Waals surface area contributed by atoms with E-state index in [1.165, 1.54) is 0 Å². The van der Waals surface area contributed by atoms with E-state index in [1.54, 1.807) is 0 Å². The van der Waals surface area contributed by atoms with Crippen LogP contribution in [0.1, 0.15) is 11.6 Å². The number of phenolic OH excluding ortho intramolecular Hbond substituents is 1. The number of carbonyl (C=O) groups excluding carboxylic acids is 1. The van der Waals surface area contributed by atoms with Gasteiger partial charge in [-0.15, -0.1) is 12.4 Å². The third kappa shape index (κ3) is 2.98. The van der Waals surface area contributed by atoms with E-state index in [1.807, 2.05) is 0 Å². The lowest BCUT2D eigenvalue weighted by atomic mass is 10.1. The topological polar surface area (TPSA) is 72.5 Å². The summed E-state index contributed by atoms with van der Waals surface area (Å²) in [6.07, 6.45) is 0. The maximum atomic E-state index is 12.9. The van der Waals surface area contributed by atoms with Gasteiger partial charge in [-0.1, -0.05) is 11.6 Å². The molecule has 1 aromatic carbocycles. The Morgan fingerprint density at radius 2 is 2.19 bits per heavy atom. The van der Waals surface area contributed by atoms with Crippen LogP contribution in [0.15, 0.2) is 12.1 Å². The summed E-state index contributed by atoms with van der Waals surface area (Å²) in [4.78, 5) is 11.1. The highest BCUT2D eigenvalue weighted by Crippen LogP contribution is 2.32. The summed E-state index contributed by atoms with van der Waals surface area (Å²) in [6.45, 7) is 0. The number of nitrogens with two attached hydrogens (primary N) is 1. The molecule has 1 rings (SSSR count). The molecule has 16 heavy (non-hydrogen) atoms. The molecule has 7 heteroatoms. The number of ether oxygens (including phenoxy) is 1. The van der Waals surface area contributed by atoms with Crippen molar-refractivity contribution in [2.75, 3.05) is 7.11 Å². The molecule has 0 bridgehead atoms. The van der Waals surface area contributed by atoms with E-state index in [-0.39, 0.29) is 23.0 Å². The minimum Gasteiger partial charge on any atom is -0.506 e. The van der Waals surface area contributed by atoms with E-state index in [4.69, 9.17) is 17.3 Å². The van der Waals surface area contributed by atoms with E-state index in [0.29, 0.717) is 0 Å². The molecule has 0 heterocycles. The maximum Gasteiger partial charge on any atom is 0.327 e. The van der Waals surface area contributed by atoms with Crippen LogP contribution in [-0.4, -0.2) is 18.2 Å². The average Bonchev–Trinajstić information content (AvgIpc) is 2.21. The SMILES string of the molecule is COC(=O)[C@@H](N)c1cc(F)cc(Cl)c1O.Cl. The molecule has 0 aromatic heterocycles. The molecule has 0 aliphatic heterocycles. The van der Waals surface area contributed by atoms with Gasteiger partial charge in [0.2, 0.25) is 0 Å². The van der Waals surface area contributed by atoms with Crippen molar-refractivity contribution in [3.8, 4) is 5.75 Å².